The first-order chi connectivity index (χ1) is 13.2. The largest absolute Gasteiger partial charge is 0.381 e. The van der Waals surface area contributed by atoms with Crippen LogP contribution in [0.15, 0.2) is 18.2 Å². The Kier molecular flexibility index (Phi) is 4.94. The molecule has 1 aromatic heterocycles. The molecule has 2 fully saturated rings. The molecule has 2 aromatic rings. The zero-order valence-electron chi connectivity index (χ0n) is 17.3. The molecular formula is C21H31N3O3S. The molecule has 7 heteroatoms. The second kappa shape index (κ2) is 7.02. The number of nitrogens with zero attached hydrogens (tertiary/aromatic N) is 3. The van der Waals surface area contributed by atoms with Crippen molar-refractivity contribution in [3.8, 4) is 0 Å². The lowest BCUT2D eigenvalue weighted by molar-refractivity contribution is 0.0611. The number of fused-ring (bicyclic) bond motifs is 1. The summed E-state index contributed by atoms with van der Waals surface area (Å²) in [6.45, 7) is 9.13. The van der Waals surface area contributed by atoms with Crippen molar-refractivity contribution in [2.75, 3.05) is 24.6 Å². The topological polar surface area (TPSA) is 64.4 Å². The van der Waals surface area contributed by atoms with E-state index in [2.05, 4.69) is 25.3 Å². The van der Waals surface area contributed by atoms with E-state index in [1.165, 1.54) is 4.31 Å². The summed E-state index contributed by atoms with van der Waals surface area (Å²) in [5, 5.41) is -0.218. The normalized spacial score (nSPS) is 19.3. The van der Waals surface area contributed by atoms with Crippen molar-refractivity contribution in [1.29, 1.82) is 0 Å². The second-order valence-electron chi connectivity index (χ2n) is 9.24. The van der Waals surface area contributed by atoms with Gasteiger partial charge in [-0.2, -0.15) is 0 Å². The lowest BCUT2D eigenvalue weighted by Crippen LogP contribution is -2.29. The monoisotopic (exact) mass is 405 g/mol. The highest BCUT2D eigenvalue weighted by Crippen LogP contribution is 2.35. The van der Waals surface area contributed by atoms with Gasteiger partial charge in [0.25, 0.3) is 0 Å². The van der Waals surface area contributed by atoms with Gasteiger partial charge in [0.15, 0.2) is 0 Å². The quantitative estimate of drug-likeness (QED) is 0.761. The Morgan fingerprint density at radius 3 is 2.46 bits per heavy atom. The maximum Gasteiger partial charge on any atom is 0.237 e. The third-order valence-electron chi connectivity index (χ3n) is 5.88. The van der Waals surface area contributed by atoms with Crippen LogP contribution < -0.4 is 4.31 Å². The summed E-state index contributed by atoms with van der Waals surface area (Å²) in [5.74, 6) is 1.64. The van der Waals surface area contributed by atoms with Gasteiger partial charge < -0.3 is 9.30 Å². The molecule has 0 atom stereocenters. The summed E-state index contributed by atoms with van der Waals surface area (Å²) < 4.78 is 34.5. The van der Waals surface area contributed by atoms with Crippen LogP contribution in [-0.4, -0.2) is 43.5 Å². The first-order valence-electron chi connectivity index (χ1n) is 10.2. The van der Waals surface area contributed by atoms with Crippen LogP contribution in [0, 0.1) is 5.92 Å². The number of anilines is 1. The molecule has 28 heavy (non-hydrogen) atoms. The van der Waals surface area contributed by atoms with Gasteiger partial charge in [0.2, 0.25) is 10.0 Å². The predicted octanol–water partition coefficient (Wildman–Crippen LogP) is 3.69. The van der Waals surface area contributed by atoms with Crippen LogP contribution in [0.25, 0.3) is 11.0 Å². The van der Waals surface area contributed by atoms with Crippen LogP contribution in [0.1, 0.15) is 52.3 Å². The first kappa shape index (κ1) is 19.7. The van der Waals surface area contributed by atoms with Crippen molar-refractivity contribution in [2.45, 2.75) is 63.7 Å². The van der Waals surface area contributed by atoms with E-state index in [4.69, 9.17) is 9.72 Å². The molecule has 1 aromatic carbocycles. The number of benzene rings is 1. The van der Waals surface area contributed by atoms with Gasteiger partial charge in [-0.1, -0.05) is 20.8 Å². The van der Waals surface area contributed by atoms with Gasteiger partial charge >= 0.3 is 0 Å². The average molecular weight is 406 g/mol. The molecule has 1 aliphatic heterocycles. The third-order valence-corrected chi connectivity index (χ3v) is 8.16. The van der Waals surface area contributed by atoms with Gasteiger partial charge in [-0.25, -0.2) is 13.4 Å². The fraction of sp³-hybridized carbons (Fsp3) is 0.667. The Bertz CT molecular complexity index is 965. The summed E-state index contributed by atoms with van der Waals surface area (Å²) in [6.07, 6.45) is 3.68. The molecule has 0 spiro atoms. The minimum Gasteiger partial charge on any atom is -0.381 e. The summed E-state index contributed by atoms with van der Waals surface area (Å²) >= 11 is 0. The van der Waals surface area contributed by atoms with E-state index in [9.17, 15) is 8.42 Å². The smallest absolute Gasteiger partial charge is 0.237 e. The Labute approximate surface area is 167 Å². The molecule has 0 radical (unpaired) electrons. The maximum absolute atomic E-state index is 12.6. The van der Waals surface area contributed by atoms with Crippen molar-refractivity contribution in [3.63, 3.8) is 0 Å². The average Bonchev–Trinajstić information content (AvgIpc) is 3.45. The van der Waals surface area contributed by atoms with Crippen molar-refractivity contribution in [2.24, 2.45) is 5.92 Å². The van der Waals surface area contributed by atoms with Crippen LogP contribution in [0.5, 0.6) is 0 Å². The number of hydrogen-bond donors (Lipinski definition) is 0. The number of hydrogen-bond acceptors (Lipinski definition) is 4. The highest BCUT2D eigenvalue weighted by atomic mass is 32.2. The minimum atomic E-state index is -3.26. The molecular weight excluding hydrogens is 374 g/mol. The van der Waals surface area contributed by atoms with Crippen LogP contribution in [0.3, 0.4) is 0 Å². The van der Waals surface area contributed by atoms with Crippen molar-refractivity contribution in [3.05, 3.63) is 24.0 Å². The predicted molar refractivity (Wildman–Crippen MR) is 112 cm³/mol. The standard InChI is InChI=1S/C21H31N3O3S/c1-21(2,3)20-22-18-13-16(23(4)28(25,26)17-6-7-17)5-8-19(18)24(20)14-15-9-11-27-12-10-15/h5,8,13,15,17H,6-7,9-12,14H2,1-4H3. The first-order valence-corrected chi connectivity index (χ1v) is 11.7. The number of aromatic nitrogens is 2. The van der Waals surface area contributed by atoms with Gasteiger partial charge in [-0.3, -0.25) is 4.31 Å². The lowest BCUT2D eigenvalue weighted by Gasteiger charge is -2.26. The molecule has 1 saturated carbocycles. The summed E-state index contributed by atoms with van der Waals surface area (Å²) in [7, 11) is -1.61. The van der Waals surface area contributed by atoms with Crippen LogP contribution in [0.2, 0.25) is 0 Å². The molecule has 154 valence electrons. The van der Waals surface area contributed by atoms with Gasteiger partial charge in [0.05, 0.1) is 22.0 Å². The van der Waals surface area contributed by atoms with Gasteiger partial charge in [-0.05, 0) is 49.8 Å². The SMILES string of the molecule is CN(c1ccc2c(c1)nc(C(C)(C)C)n2CC1CCOCC1)S(=O)(=O)C1CC1. The highest BCUT2D eigenvalue weighted by molar-refractivity contribution is 7.93. The highest BCUT2D eigenvalue weighted by Gasteiger charge is 2.39. The molecule has 0 bridgehead atoms. The Hall–Kier alpha value is -1.60. The fourth-order valence-electron chi connectivity index (χ4n) is 4.00. The third kappa shape index (κ3) is 3.66. The van der Waals surface area contributed by atoms with E-state index < -0.39 is 10.0 Å². The van der Waals surface area contributed by atoms with Gasteiger partial charge in [0.1, 0.15) is 5.82 Å². The van der Waals surface area contributed by atoms with Gasteiger partial charge in [-0.15, -0.1) is 0 Å². The molecule has 2 heterocycles. The number of ether oxygens (including phenoxy) is 1. The number of rotatable bonds is 5. The van der Waals surface area contributed by atoms with Crippen LogP contribution in [0.4, 0.5) is 5.69 Å². The lowest BCUT2D eigenvalue weighted by atomic mass is 9.94. The summed E-state index contributed by atoms with van der Waals surface area (Å²) in [6, 6.07) is 5.87. The van der Waals surface area contributed by atoms with Crippen LogP contribution >= 0.6 is 0 Å². The number of imidazole rings is 1. The summed E-state index contributed by atoms with van der Waals surface area (Å²) in [4.78, 5) is 4.95. The summed E-state index contributed by atoms with van der Waals surface area (Å²) in [5.41, 5.74) is 2.55. The zero-order valence-corrected chi connectivity index (χ0v) is 18.1. The van der Waals surface area contributed by atoms with E-state index in [-0.39, 0.29) is 10.7 Å². The van der Waals surface area contributed by atoms with Crippen molar-refractivity contribution in [1.82, 2.24) is 9.55 Å². The van der Waals surface area contributed by atoms with E-state index in [1.54, 1.807) is 7.05 Å². The second-order valence-corrected chi connectivity index (χ2v) is 11.5. The van der Waals surface area contributed by atoms with Crippen molar-refractivity contribution < 1.29 is 13.2 Å². The molecule has 1 aliphatic carbocycles. The minimum absolute atomic E-state index is 0.0870. The number of sulfonamides is 1. The zero-order chi connectivity index (χ0) is 20.1. The molecule has 0 unspecified atom stereocenters. The maximum atomic E-state index is 12.6. The molecule has 0 amide bonds. The Morgan fingerprint density at radius 2 is 1.86 bits per heavy atom. The van der Waals surface area contributed by atoms with Crippen molar-refractivity contribution >= 4 is 26.7 Å². The van der Waals surface area contributed by atoms with E-state index in [1.807, 2.05) is 18.2 Å². The van der Waals surface area contributed by atoms with Gasteiger partial charge in [0, 0.05) is 32.2 Å². The van der Waals surface area contributed by atoms with E-state index in [0.717, 1.165) is 62.3 Å². The fourth-order valence-corrected chi connectivity index (χ4v) is 5.58. The molecule has 2 aliphatic rings. The van der Waals surface area contributed by atoms with E-state index in [0.29, 0.717) is 11.6 Å². The molecule has 1 saturated heterocycles. The molecule has 6 nitrogen and oxygen atoms in total. The van der Waals surface area contributed by atoms with Crippen LogP contribution in [-0.2, 0) is 26.7 Å². The molecule has 4 rings (SSSR count). The van der Waals surface area contributed by atoms with E-state index >= 15 is 0 Å². The molecule has 0 N–H and O–H groups in total. The Morgan fingerprint density at radius 1 is 1.18 bits per heavy atom. The Balaban J connectivity index is 1.73.